The molecule has 18 heavy (non-hydrogen) atoms. The normalized spacial score (nSPS) is 37.9. The minimum absolute atomic E-state index is 0.00494. The minimum atomic E-state index is 0.00494. The molecule has 0 unspecified atom stereocenters. The van der Waals surface area contributed by atoms with Crippen LogP contribution in [0.15, 0.2) is 11.6 Å². The van der Waals surface area contributed by atoms with E-state index in [-0.39, 0.29) is 17.5 Å². The van der Waals surface area contributed by atoms with E-state index in [4.69, 9.17) is 4.74 Å². The molecular formula is C15H23IO2. The largest absolute Gasteiger partial charge is 0.461 e. The Hall–Kier alpha value is -0.0600. The highest BCUT2D eigenvalue weighted by molar-refractivity contribution is 14.1. The lowest BCUT2D eigenvalue weighted by molar-refractivity contribution is -0.142. The summed E-state index contributed by atoms with van der Waals surface area (Å²) in [5.74, 6) is 1.11. The Kier molecular flexibility index (Phi) is 4.10. The summed E-state index contributed by atoms with van der Waals surface area (Å²) in [4.78, 5) is 11.5. The number of ether oxygens (including phenoxy) is 1. The molecule has 0 aromatic heterocycles. The summed E-state index contributed by atoms with van der Waals surface area (Å²) in [6.07, 6.45) is 5.38. The van der Waals surface area contributed by atoms with Crippen molar-refractivity contribution in [2.75, 3.05) is 0 Å². The molecule has 0 bridgehead atoms. The number of rotatable bonds is 2. The minimum Gasteiger partial charge on any atom is -0.461 e. The maximum atomic E-state index is 11.5. The molecule has 2 fully saturated rings. The van der Waals surface area contributed by atoms with Gasteiger partial charge in [-0.05, 0) is 38.0 Å². The summed E-state index contributed by atoms with van der Waals surface area (Å²) in [5, 5.41) is 0. The van der Waals surface area contributed by atoms with Gasteiger partial charge in [-0.3, -0.25) is 4.79 Å². The molecule has 1 saturated carbocycles. The first-order valence-electron chi connectivity index (χ1n) is 6.79. The SMILES string of the molecule is CC(C)=CC[C@H]1C[C@H]2CC(=O)O[C@H]2[C@H](I)C1(C)C. The van der Waals surface area contributed by atoms with E-state index in [2.05, 4.69) is 56.4 Å². The second-order valence-corrected chi connectivity index (χ2v) is 7.93. The highest BCUT2D eigenvalue weighted by Gasteiger charge is 2.52. The smallest absolute Gasteiger partial charge is 0.306 e. The second kappa shape index (κ2) is 5.14. The van der Waals surface area contributed by atoms with Gasteiger partial charge < -0.3 is 4.74 Å². The Bertz CT molecular complexity index is 369. The second-order valence-electron chi connectivity index (χ2n) is 6.59. The first-order valence-corrected chi connectivity index (χ1v) is 8.04. The van der Waals surface area contributed by atoms with Crippen LogP contribution in [-0.2, 0) is 9.53 Å². The fourth-order valence-electron chi connectivity index (χ4n) is 3.24. The van der Waals surface area contributed by atoms with Gasteiger partial charge in [0.1, 0.15) is 6.10 Å². The van der Waals surface area contributed by atoms with Crippen molar-refractivity contribution in [2.45, 2.75) is 57.0 Å². The summed E-state index contributed by atoms with van der Waals surface area (Å²) < 4.78 is 5.95. The van der Waals surface area contributed by atoms with Crippen LogP contribution in [0.1, 0.15) is 47.0 Å². The van der Waals surface area contributed by atoms with Crippen LogP contribution in [0.25, 0.3) is 0 Å². The number of carbonyl (C=O) groups is 1. The molecule has 102 valence electrons. The lowest BCUT2D eigenvalue weighted by atomic mass is 9.63. The van der Waals surface area contributed by atoms with Crippen molar-refractivity contribution in [3.63, 3.8) is 0 Å². The van der Waals surface area contributed by atoms with E-state index in [1.165, 1.54) is 5.57 Å². The van der Waals surface area contributed by atoms with E-state index in [9.17, 15) is 4.79 Å². The van der Waals surface area contributed by atoms with Crippen LogP contribution in [0.2, 0.25) is 0 Å². The average Bonchev–Trinajstić information content (AvgIpc) is 2.62. The van der Waals surface area contributed by atoms with Gasteiger partial charge in [0.15, 0.2) is 0 Å². The Balaban J connectivity index is 2.17. The van der Waals surface area contributed by atoms with Crippen molar-refractivity contribution in [1.29, 1.82) is 0 Å². The van der Waals surface area contributed by atoms with Crippen molar-refractivity contribution in [2.24, 2.45) is 17.3 Å². The molecule has 1 aliphatic heterocycles. The van der Waals surface area contributed by atoms with Gasteiger partial charge in [-0.1, -0.05) is 48.1 Å². The lowest BCUT2D eigenvalue weighted by Crippen LogP contribution is -2.48. The number of hydrogen-bond donors (Lipinski definition) is 0. The van der Waals surface area contributed by atoms with Gasteiger partial charge in [0, 0.05) is 5.92 Å². The maximum Gasteiger partial charge on any atom is 0.306 e. The molecule has 2 nitrogen and oxygen atoms in total. The Morgan fingerprint density at radius 2 is 2.17 bits per heavy atom. The van der Waals surface area contributed by atoms with Gasteiger partial charge in [-0.25, -0.2) is 0 Å². The van der Waals surface area contributed by atoms with Crippen LogP contribution >= 0.6 is 22.6 Å². The van der Waals surface area contributed by atoms with Gasteiger partial charge >= 0.3 is 5.97 Å². The summed E-state index contributed by atoms with van der Waals surface area (Å²) in [7, 11) is 0. The van der Waals surface area contributed by atoms with E-state index < -0.39 is 0 Å². The number of allylic oxidation sites excluding steroid dienone is 2. The number of esters is 1. The van der Waals surface area contributed by atoms with E-state index in [0.717, 1.165) is 12.8 Å². The summed E-state index contributed by atoms with van der Waals surface area (Å²) >= 11 is 2.50. The zero-order valence-electron chi connectivity index (χ0n) is 11.7. The van der Waals surface area contributed by atoms with Crippen molar-refractivity contribution >= 4 is 28.6 Å². The predicted octanol–water partition coefficient (Wildman–Crippen LogP) is 4.12. The van der Waals surface area contributed by atoms with E-state index in [0.29, 0.717) is 22.2 Å². The highest BCUT2D eigenvalue weighted by Crippen LogP contribution is 2.52. The zero-order valence-corrected chi connectivity index (χ0v) is 13.9. The third kappa shape index (κ3) is 2.61. The van der Waals surface area contributed by atoms with Crippen LogP contribution in [0.5, 0.6) is 0 Å². The molecule has 0 radical (unpaired) electrons. The number of carbonyl (C=O) groups excluding carboxylic acids is 1. The van der Waals surface area contributed by atoms with Crippen LogP contribution in [0.4, 0.5) is 0 Å². The number of hydrogen-bond acceptors (Lipinski definition) is 2. The van der Waals surface area contributed by atoms with Crippen molar-refractivity contribution < 1.29 is 9.53 Å². The zero-order chi connectivity index (χ0) is 13.5. The molecular weight excluding hydrogens is 339 g/mol. The van der Waals surface area contributed by atoms with Gasteiger partial charge in [-0.2, -0.15) is 0 Å². The van der Waals surface area contributed by atoms with Crippen molar-refractivity contribution in [3.05, 3.63) is 11.6 Å². The molecule has 1 saturated heterocycles. The topological polar surface area (TPSA) is 26.3 Å². The summed E-state index contributed by atoms with van der Waals surface area (Å²) in [5.41, 5.74) is 1.62. The first-order chi connectivity index (χ1) is 8.32. The predicted molar refractivity (Wildman–Crippen MR) is 81.7 cm³/mol. The quantitative estimate of drug-likeness (QED) is 0.320. The maximum absolute atomic E-state index is 11.5. The lowest BCUT2D eigenvalue weighted by Gasteiger charge is -2.47. The van der Waals surface area contributed by atoms with Crippen LogP contribution < -0.4 is 0 Å². The number of alkyl halides is 1. The third-order valence-electron chi connectivity index (χ3n) is 4.61. The Labute approximate surface area is 124 Å². The fourth-order valence-corrected chi connectivity index (χ4v) is 4.48. The van der Waals surface area contributed by atoms with Crippen molar-refractivity contribution in [1.82, 2.24) is 0 Å². The van der Waals surface area contributed by atoms with Crippen LogP contribution in [0, 0.1) is 17.3 Å². The fraction of sp³-hybridized carbons (Fsp3) is 0.800. The molecule has 0 aromatic rings. The molecule has 0 N–H and O–H groups in total. The molecule has 3 heteroatoms. The highest BCUT2D eigenvalue weighted by atomic mass is 127. The molecule has 1 heterocycles. The molecule has 4 atom stereocenters. The third-order valence-corrected chi connectivity index (χ3v) is 6.92. The van der Waals surface area contributed by atoms with Gasteiger partial charge in [0.2, 0.25) is 0 Å². The van der Waals surface area contributed by atoms with E-state index in [1.54, 1.807) is 0 Å². The molecule has 0 spiro atoms. The van der Waals surface area contributed by atoms with Crippen LogP contribution in [0.3, 0.4) is 0 Å². The molecule has 0 aromatic carbocycles. The summed E-state index contributed by atoms with van der Waals surface area (Å²) in [6, 6.07) is 0. The first kappa shape index (κ1) is 14.4. The molecule has 2 rings (SSSR count). The van der Waals surface area contributed by atoms with Gasteiger partial charge in [0.25, 0.3) is 0 Å². The van der Waals surface area contributed by atoms with Crippen LogP contribution in [-0.4, -0.2) is 16.0 Å². The van der Waals surface area contributed by atoms with E-state index in [1.807, 2.05) is 0 Å². The molecule has 2 aliphatic rings. The number of halogens is 1. The van der Waals surface area contributed by atoms with Gasteiger partial charge in [0.05, 0.1) is 10.3 Å². The molecule has 0 amide bonds. The Morgan fingerprint density at radius 1 is 1.50 bits per heavy atom. The Morgan fingerprint density at radius 3 is 2.78 bits per heavy atom. The van der Waals surface area contributed by atoms with Gasteiger partial charge in [-0.15, -0.1) is 0 Å². The summed E-state index contributed by atoms with van der Waals surface area (Å²) in [6.45, 7) is 8.97. The van der Waals surface area contributed by atoms with E-state index >= 15 is 0 Å². The average molecular weight is 362 g/mol. The monoisotopic (exact) mass is 362 g/mol. The standard InChI is InChI=1S/C15H23IO2/c1-9(2)5-6-11-7-10-8-12(17)18-13(10)14(16)15(11,3)4/h5,10-11,13-14H,6-8H2,1-4H3/t10-,11-,13+,14-/m0/s1. The molecule has 1 aliphatic carbocycles. The van der Waals surface area contributed by atoms with Crippen molar-refractivity contribution in [3.8, 4) is 0 Å². The number of fused-ring (bicyclic) bond motifs is 1.